The molecule has 4 nitrogen and oxygen atoms in total. The lowest BCUT2D eigenvalue weighted by Gasteiger charge is -2.24. The van der Waals surface area contributed by atoms with E-state index in [9.17, 15) is 4.79 Å². The van der Waals surface area contributed by atoms with Gasteiger partial charge in [0.15, 0.2) is 0 Å². The molecule has 0 aromatic rings. The number of carbonyl (C=O) groups excluding carboxylic acids is 1. The van der Waals surface area contributed by atoms with Crippen LogP contribution in [0.1, 0.15) is 46.5 Å². The molecule has 19 heavy (non-hydrogen) atoms. The second-order valence-corrected chi connectivity index (χ2v) is 5.83. The van der Waals surface area contributed by atoms with Crippen LogP contribution in [0.25, 0.3) is 0 Å². The third kappa shape index (κ3) is 6.92. The molecule has 1 aliphatic heterocycles. The van der Waals surface area contributed by atoms with Crippen LogP contribution < -0.4 is 10.6 Å². The summed E-state index contributed by atoms with van der Waals surface area (Å²) in [4.78, 5) is 12.0. The number of nitrogens with one attached hydrogen (secondary N) is 2. The quantitative estimate of drug-likeness (QED) is 0.709. The number of ether oxygens (including phenoxy) is 1. The van der Waals surface area contributed by atoms with Gasteiger partial charge in [0.1, 0.15) is 0 Å². The molecular weight excluding hydrogens is 240 g/mol. The Balaban J connectivity index is 2.23. The van der Waals surface area contributed by atoms with E-state index < -0.39 is 0 Å². The second kappa shape index (κ2) is 9.32. The van der Waals surface area contributed by atoms with Gasteiger partial charge < -0.3 is 15.4 Å². The van der Waals surface area contributed by atoms with Crippen molar-refractivity contribution >= 4 is 5.91 Å². The molecule has 1 aliphatic rings. The van der Waals surface area contributed by atoms with Crippen molar-refractivity contribution in [2.75, 3.05) is 26.3 Å². The lowest BCUT2D eigenvalue weighted by Crippen LogP contribution is -2.42. The molecule has 2 N–H and O–H groups in total. The van der Waals surface area contributed by atoms with Crippen LogP contribution in [-0.2, 0) is 9.53 Å². The number of piperidine rings is 1. The summed E-state index contributed by atoms with van der Waals surface area (Å²) in [6, 6.07) is 0.136. The van der Waals surface area contributed by atoms with Crippen LogP contribution in [0.2, 0.25) is 0 Å². The fourth-order valence-electron chi connectivity index (χ4n) is 2.43. The highest BCUT2D eigenvalue weighted by Crippen LogP contribution is 2.15. The zero-order chi connectivity index (χ0) is 14.1. The molecule has 1 fully saturated rings. The van der Waals surface area contributed by atoms with Gasteiger partial charge in [-0.1, -0.05) is 13.8 Å². The van der Waals surface area contributed by atoms with Crippen molar-refractivity contribution in [3.63, 3.8) is 0 Å². The summed E-state index contributed by atoms with van der Waals surface area (Å²) in [7, 11) is 0. The molecule has 4 heteroatoms. The fraction of sp³-hybridized carbons (Fsp3) is 0.933. The van der Waals surface area contributed by atoms with Gasteiger partial charge in [0.2, 0.25) is 5.91 Å². The zero-order valence-electron chi connectivity index (χ0n) is 12.7. The Bertz CT molecular complexity index is 251. The SMILES string of the molecule is CCOCC(NC(=O)CCC1CCCNC1)C(C)C. The highest BCUT2D eigenvalue weighted by molar-refractivity contribution is 5.76. The van der Waals surface area contributed by atoms with Gasteiger partial charge in [-0.05, 0) is 51.1 Å². The van der Waals surface area contributed by atoms with E-state index >= 15 is 0 Å². The van der Waals surface area contributed by atoms with Crippen LogP contribution in [0.5, 0.6) is 0 Å². The molecule has 0 aromatic carbocycles. The molecule has 2 atom stereocenters. The predicted octanol–water partition coefficient (Wildman–Crippen LogP) is 1.94. The van der Waals surface area contributed by atoms with E-state index in [1.54, 1.807) is 0 Å². The smallest absolute Gasteiger partial charge is 0.220 e. The Morgan fingerprint density at radius 2 is 2.26 bits per heavy atom. The van der Waals surface area contributed by atoms with Crippen LogP contribution in [0, 0.1) is 11.8 Å². The minimum Gasteiger partial charge on any atom is -0.380 e. The minimum atomic E-state index is 0.136. The summed E-state index contributed by atoms with van der Waals surface area (Å²) in [6.45, 7) is 9.74. The maximum Gasteiger partial charge on any atom is 0.220 e. The molecule has 0 radical (unpaired) electrons. The molecular formula is C15H30N2O2. The standard InChI is InChI=1S/C15H30N2O2/c1-4-19-11-14(12(2)3)17-15(18)8-7-13-6-5-9-16-10-13/h12-14,16H,4-11H2,1-3H3,(H,17,18). The molecule has 1 rings (SSSR count). The van der Waals surface area contributed by atoms with Crippen molar-refractivity contribution < 1.29 is 9.53 Å². The summed E-state index contributed by atoms with van der Waals surface area (Å²) in [6.07, 6.45) is 4.14. The molecule has 0 spiro atoms. The number of hydrogen-bond donors (Lipinski definition) is 2. The molecule has 1 saturated heterocycles. The Kier molecular flexibility index (Phi) is 8.07. The average molecular weight is 270 g/mol. The van der Waals surface area contributed by atoms with E-state index in [0.29, 0.717) is 31.5 Å². The van der Waals surface area contributed by atoms with Gasteiger partial charge in [0.25, 0.3) is 0 Å². The van der Waals surface area contributed by atoms with Gasteiger partial charge in [-0.2, -0.15) is 0 Å². The molecule has 1 heterocycles. The van der Waals surface area contributed by atoms with Gasteiger partial charge in [-0.25, -0.2) is 0 Å². The first-order valence-electron chi connectivity index (χ1n) is 7.71. The molecule has 2 unspecified atom stereocenters. The van der Waals surface area contributed by atoms with Crippen molar-refractivity contribution in [1.82, 2.24) is 10.6 Å². The summed E-state index contributed by atoms with van der Waals surface area (Å²) >= 11 is 0. The van der Waals surface area contributed by atoms with Crippen molar-refractivity contribution in [2.45, 2.75) is 52.5 Å². The highest BCUT2D eigenvalue weighted by atomic mass is 16.5. The molecule has 0 aromatic heterocycles. The van der Waals surface area contributed by atoms with Crippen molar-refractivity contribution in [3.05, 3.63) is 0 Å². The maximum atomic E-state index is 12.0. The molecule has 112 valence electrons. The van der Waals surface area contributed by atoms with Gasteiger partial charge in [0.05, 0.1) is 12.6 Å². The Morgan fingerprint density at radius 3 is 2.84 bits per heavy atom. The highest BCUT2D eigenvalue weighted by Gasteiger charge is 2.18. The van der Waals surface area contributed by atoms with E-state index in [-0.39, 0.29) is 11.9 Å². The summed E-state index contributed by atoms with van der Waals surface area (Å²) in [5.74, 6) is 1.25. The zero-order valence-corrected chi connectivity index (χ0v) is 12.7. The average Bonchev–Trinajstić information content (AvgIpc) is 2.42. The van der Waals surface area contributed by atoms with Crippen molar-refractivity contribution in [1.29, 1.82) is 0 Å². The normalized spacial score (nSPS) is 21.4. The van der Waals surface area contributed by atoms with Crippen LogP contribution in [0.3, 0.4) is 0 Å². The third-order valence-electron chi connectivity index (χ3n) is 3.83. The number of rotatable bonds is 8. The van der Waals surface area contributed by atoms with E-state index in [4.69, 9.17) is 4.74 Å². The maximum absolute atomic E-state index is 12.0. The fourth-order valence-corrected chi connectivity index (χ4v) is 2.43. The van der Waals surface area contributed by atoms with E-state index in [2.05, 4.69) is 24.5 Å². The molecule has 0 saturated carbocycles. The summed E-state index contributed by atoms with van der Waals surface area (Å²) in [5.41, 5.74) is 0. The molecule has 0 bridgehead atoms. The van der Waals surface area contributed by atoms with Crippen LogP contribution in [0.15, 0.2) is 0 Å². The van der Waals surface area contributed by atoms with Crippen LogP contribution in [-0.4, -0.2) is 38.3 Å². The third-order valence-corrected chi connectivity index (χ3v) is 3.83. The van der Waals surface area contributed by atoms with E-state index in [0.717, 1.165) is 19.5 Å². The van der Waals surface area contributed by atoms with Crippen molar-refractivity contribution in [2.24, 2.45) is 11.8 Å². The number of carbonyl (C=O) groups is 1. The Morgan fingerprint density at radius 1 is 1.47 bits per heavy atom. The molecule has 0 aliphatic carbocycles. The van der Waals surface area contributed by atoms with Gasteiger partial charge in [-0.15, -0.1) is 0 Å². The molecule has 1 amide bonds. The second-order valence-electron chi connectivity index (χ2n) is 5.83. The topological polar surface area (TPSA) is 50.4 Å². The first-order valence-corrected chi connectivity index (χ1v) is 7.71. The van der Waals surface area contributed by atoms with Gasteiger partial charge >= 0.3 is 0 Å². The Labute approximate surface area is 117 Å². The number of hydrogen-bond acceptors (Lipinski definition) is 3. The summed E-state index contributed by atoms with van der Waals surface area (Å²) in [5, 5.41) is 6.50. The minimum absolute atomic E-state index is 0.136. The summed E-state index contributed by atoms with van der Waals surface area (Å²) < 4.78 is 5.43. The Hall–Kier alpha value is -0.610. The first kappa shape index (κ1) is 16.4. The van der Waals surface area contributed by atoms with Crippen LogP contribution in [0.4, 0.5) is 0 Å². The number of amides is 1. The lowest BCUT2D eigenvalue weighted by molar-refractivity contribution is -0.123. The van der Waals surface area contributed by atoms with Crippen LogP contribution >= 0.6 is 0 Å². The van der Waals surface area contributed by atoms with E-state index in [1.807, 2.05) is 6.92 Å². The monoisotopic (exact) mass is 270 g/mol. The van der Waals surface area contributed by atoms with Gasteiger partial charge in [0, 0.05) is 13.0 Å². The van der Waals surface area contributed by atoms with Gasteiger partial charge in [-0.3, -0.25) is 4.79 Å². The van der Waals surface area contributed by atoms with Crippen molar-refractivity contribution in [3.8, 4) is 0 Å². The largest absolute Gasteiger partial charge is 0.380 e. The van der Waals surface area contributed by atoms with E-state index in [1.165, 1.54) is 12.8 Å². The lowest BCUT2D eigenvalue weighted by atomic mass is 9.94. The predicted molar refractivity (Wildman–Crippen MR) is 78.1 cm³/mol. The first-order chi connectivity index (χ1) is 9.13.